The Morgan fingerprint density at radius 1 is 1.44 bits per heavy atom. The molecule has 0 aliphatic carbocycles. The Kier molecular flexibility index (Phi) is 4.19. The molecule has 0 unspecified atom stereocenters. The molecule has 0 radical (unpaired) electrons. The fourth-order valence-electron chi connectivity index (χ4n) is 1.07. The van der Waals surface area contributed by atoms with Crippen LogP contribution in [0.1, 0.15) is 10.4 Å². The zero-order valence-corrected chi connectivity index (χ0v) is 8.81. The number of alkyl halides is 2. The van der Waals surface area contributed by atoms with Gasteiger partial charge in [-0.1, -0.05) is 6.07 Å². The van der Waals surface area contributed by atoms with E-state index in [4.69, 9.17) is 0 Å². The van der Waals surface area contributed by atoms with Crippen LogP contribution in [0.15, 0.2) is 24.3 Å². The van der Waals surface area contributed by atoms with E-state index in [9.17, 15) is 13.6 Å². The van der Waals surface area contributed by atoms with E-state index < -0.39 is 12.5 Å². The first-order valence-corrected chi connectivity index (χ1v) is 4.41. The molecule has 0 fully saturated rings. The van der Waals surface area contributed by atoms with Crippen LogP contribution in [-0.4, -0.2) is 31.7 Å². The molecular formula is C10H11F2NO3. The van der Waals surface area contributed by atoms with Crippen molar-refractivity contribution in [2.45, 2.75) is 6.61 Å². The number of rotatable bonds is 4. The van der Waals surface area contributed by atoms with Gasteiger partial charge in [-0.25, -0.2) is 5.06 Å². The summed E-state index contributed by atoms with van der Waals surface area (Å²) in [6.45, 7) is -2.91. The van der Waals surface area contributed by atoms with Crippen LogP contribution in [-0.2, 0) is 4.84 Å². The first-order valence-electron chi connectivity index (χ1n) is 4.41. The van der Waals surface area contributed by atoms with Crippen molar-refractivity contribution in [1.82, 2.24) is 5.06 Å². The summed E-state index contributed by atoms with van der Waals surface area (Å²) in [4.78, 5) is 16.3. The summed E-state index contributed by atoms with van der Waals surface area (Å²) in [5, 5.41) is 0.988. The molecule has 1 aromatic rings. The van der Waals surface area contributed by atoms with E-state index in [0.717, 1.165) is 5.06 Å². The van der Waals surface area contributed by atoms with Gasteiger partial charge in [-0.2, -0.15) is 8.78 Å². The maximum absolute atomic E-state index is 11.9. The molecule has 0 saturated heterocycles. The van der Waals surface area contributed by atoms with Gasteiger partial charge in [-0.3, -0.25) is 9.63 Å². The number of hydrogen-bond donors (Lipinski definition) is 0. The summed E-state index contributed by atoms with van der Waals surface area (Å²) < 4.78 is 28.0. The first-order chi connectivity index (χ1) is 7.54. The lowest BCUT2D eigenvalue weighted by atomic mass is 10.2. The van der Waals surface area contributed by atoms with Gasteiger partial charge in [-0.15, -0.1) is 0 Å². The van der Waals surface area contributed by atoms with Gasteiger partial charge in [0.05, 0.1) is 7.11 Å². The van der Waals surface area contributed by atoms with Crippen LogP contribution in [0.5, 0.6) is 5.75 Å². The Hall–Kier alpha value is -1.69. The number of halogens is 2. The lowest BCUT2D eigenvalue weighted by Crippen LogP contribution is -2.25. The van der Waals surface area contributed by atoms with E-state index in [2.05, 4.69) is 9.57 Å². The van der Waals surface area contributed by atoms with Crippen molar-refractivity contribution in [3.63, 3.8) is 0 Å². The third-order valence-corrected chi connectivity index (χ3v) is 1.87. The second-order valence-electron chi connectivity index (χ2n) is 2.89. The van der Waals surface area contributed by atoms with Crippen molar-refractivity contribution in [3.05, 3.63) is 29.8 Å². The summed E-state index contributed by atoms with van der Waals surface area (Å²) in [7, 11) is 2.75. The first kappa shape index (κ1) is 12.4. The number of ether oxygens (including phenoxy) is 1. The number of benzene rings is 1. The van der Waals surface area contributed by atoms with Gasteiger partial charge in [0, 0.05) is 12.6 Å². The molecule has 1 rings (SSSR count). The molecule has 16 heavy (non-hydrogen) atoms. The Labute approximate surface area is 91.3 Å². The van der Waals surface area contributed by atoms with Crippen molar-refractivity contribution in [2.24, 2.45) is 0 Å². The predicted octanol–water partition coefficient (Wildman–Crippen LogP) is 1.92. The van der Waals surface area contributed by atoms with E-state index in [-0.39, 0.29) is 11.3 Å². The van der Waals surface area contributed by atoms with E-state index in [0.29, 0.717) is 0 Å². The molecule has 1 aromatic carbocycles. The molecule has 0 bridgehead atoms. The van der Waals surface area contributed by atoms with Crippen LogP contribution in [0.4, 0.5) is 8.78 Å². The minimum atomic E-state index is -2.91. The van der Waals surface area contributed by atoms with Gasteiger partial charge in [0.15, 0.2) is 0 Å². The molecule has 0 aliphatic rings. The number of carbonyl (C=O) groups is 1. The molecule has 0 aliphatic heterocycles. The number of nitrogens with zero attached hydrogens (tertiary/aromatic N) is 1. The van der Waals surface area contributed by atoms with Crippen LogP contribution in [0.25, 0.3) is 0 Å². The maximum atomic E-state index is 11.9. The normalized spacial score (nSPS) is 10.3. The summed E-state index contributed by atoms with van der Waals surface area (Å²) in [5.41, 5.74) is 0.211. The van der Waals surface area contributed by atoms with Crippen LogP contribution < -0.4 is 4.74 Å². The highest BCUT2D eigenvalue weighted by Crippen LogP contribution is 2.16. The van der Waals surface area contributed by atoms with Crippen LogP contribution >= 0.6 is 0 Å². The average Bonchev–Trinajstić information content (AvgIpc) is 2.26. The highest BCUT2D eigenvalue weighted by molar-refractivity contribution is 5.93. The lowest BCUT2D eigenvalue weighted by molar-refractivity contribution is -0.0758. The van der Waals surface area contributed by atoms with Gasteiger partial charge in [0.2, 0.25) is 0 Å². The molecule has 0 saturated carbocycles. The number of hydrogen-bond acceptors (Lipinski definition) is 3. The summed E-state index contributed by atoms with van der Waals surface area (Å²) in [6.07, 6.45) is 0. The molecular weight excluding hydrogens is 220 g/mol. The van der Waals surface area contributed by atoms with E-state index in [1.807, 2.05) is 0 Å². The monoisotopic (exact) mass is 231 g/mol. The Bertz CT molecular complexity index is 371. The Morgan fingerprint density at radius 2 is 2.12 bits per heavy atom. The van der Waals surface area contributed by atoms with E-state index in [1.54, 1.807) is 0 Å². The Balaban J connectivity index is 2.85. The molecule has 0 heterocycles. The maximum Gasteiger partial charge on any atom is 0.387 e. The Morgan fingerprint density at radius 3 is 2.69 bits per heavy atom. The van der Waals surface area contributed by atoms with Gasteiger partial charge < -0.3 is 4.74 Å². The largest absolute Gasteiger partial charge is 0.435 e. The van der Waals surface area contributed by atoms with E-state index >= 15 is 0 Å². The highest BCUT2D eigenvalue weighted by atomic mass is 19.3. The summed E-state index contributed by atoms with van der Waals surface area (Å²) >= 11 is 0. The lowest BCUT2D eigenvalue weighted by Gasteiger charge is -2.14. The molecule has 0 aromatic heterocycles. The summed E-state index contributed by atoms with van der Waals surface area (Å²) in [5.74, 6) is -0.507. The topological polar surface area (TPSA) is 38.8 Å². The van der Waals surface area contributed by atoms with Crippen LogP contribution in [0, 0.1) is 0 Å². The number of hydroxylamine groups is 2. The molecule has 6 heteroatoms. The highest BCUT2D eigenvalue weighted by Gasteiger charge is 2.13. The molecule has 0 N–H and O–H groups in total. The molecule has 88 valence electrons. The van der Waals surface area contributed by atoms with Gasteiger partial charge in [-0.05, 0) is 18.2 Å². The van der Waals surface area contributed by atoms with Gasteiger partial charge in [0.25, 0.3) is 5.91 Å². The zero-order chi connectivity index (χ0) is 12.1. The zero-order valence-electron chi connectivity index (χ0n) is 8.81. The van der Waals surface area contributed by atoms with Gasteiger partial charge >= 0.3 is 6.61 Å². The smallest absolute Gasteiger partial charge is 0.387 e. The fraction of sp³-hybridized carbons (Fsp3) is 0.300. The third kappa shape index (κ3) is 3.16. The molecule has 0 atom stereocenters. The molecule has 0 spiro atoms. The SMILES string of the molecule is CON(C)C(=O)c1cccc(OC(F)F)c1. The quantitative estimate of drug-likeness (QED) is 0.743. The van der Waals surface area contributed by atoms with Crippen LogP contribution in [0.2, 0.25) is 0 Å². The minimum Gasteiger partial charge on any atom is -0.435 e. The van der Waals surface area contributed by atoms with Crippen molar-refractivity contribution in [1.29, 1.82) is 0 Å². The second kappa shape index (κ2) is 5.41. The van der Waals surface area contributed by atoms with Crippen molar-refractivity contribution in [3.8, 4) is 5.75 Å². The predicted molar refractivity (Wildman–Crippen MR) is 52.2 cm³/mol. The van der Waals surface area contributed by atoms with Crippen molar-refractivity contribution in [2.75, 3.05) is 14.2 Å². The number of amides is 1. The van der Waals surface area contributed by atoms with Crippen molar-refractivity contribution < 1.29 is 23.1 Å². The van der Waals surface area contributed by atoms with Crippen molar-refractivity contribution >= 4 is 5.91 Å². The van der Waals surface area contributed by atoms with Gasteiger partial charge in [0.1, 0.15) is 5.75 Å². The number of carbonyl (C=O) groups excluding carboxylic acids is 1. The standard InChI is InChI=1S/C10H11F2NO3/c1-13(15-2)9(14)7-4-3-5-8(6-7)16-10(11)12/h3-6,10H,1-2H3. The second-order valence-corrected chi connectivity index (χ2v) is 2.89. The van der Waals surface area contributed by atoms with Crippen LogP contribution in [0.3, 0.4) is 0 Å². The summed E-state index contributed by atoms with van der Waals surface area (Å²) in [6, 6.07) is 5.50. The average molecular weight is 231 g/mol. The molecule has 1 amide bonds. The fourth-order valence-corrected chi connectivity index (χ4v) is 1.07. The minimum absolute atomic E-state index is 0.0645. The van der Waals surface area contributed by atoms with E-state index in [1.165, 1.54) is 38.4 Å². The molecule has 4 nitrogen and oxygen atoms in total. The third-order valence-electron chi connectivity index (χ3n) is 1.87.